The van der Waals surface area contributed by atoms with Crippen LogP contribution in [-0.4, -0.2) is 43.1 Å². The number of nitrogens with zero attached hydrogens (tertiary/aromatic N) is 3. The van der Waals surface area contributed by atoms with E-state index in [0.29, 0.717) is 18.2 Å². The van der Waals surface area contributed by atoms with Gasteiger partial charge < -0.3 is 10.3 Å². The number of aromatic amines is 2. The molecular formula is C35H36FN7S. The summed E-state index contributed by atoms with van der Waals surface area (Å²) in [6.45, 7) is 10.5. The third-order valence-corrected chi connectivity index (χ3v) is 8.40. The molecular weight excluding hydrogens is 569 g/mol. The molecule has 0 spiro atoms. The Bertz CT molecular complexity index is 2040. The standard InChI is InChI=1S/C35H36FN7S/c1-7-8-29(25-13-23(14-27(36)15-25)18-38-44(4,5)6)30-17-33(40-22(30)3)35-34-32(42-43-35)12-11-31(41-34)26-16-28(20-37-19-26)39-21(2)24-9-10-24/h7-8,11-17,19-20,24,38-40H,1-2,4-5,9-10,18H2,3,6H3,(H,42,43)/b29-8-. The number of H-pyrrole nitrogens is 2. The highest BCUT2D eigenvalue weighted by Crippen LogP contribution is 2.37. The SMILES string of the molecule is C=C/C=C(/c1cc(F)cc(CNS(=C)(=C)C)c1)c1cc(-c2n[nH]c3ccc(-c4cncc(NC(=C)C5CC5)c4)nc23)[nH]c1C. The van der Waals surface area contributed by atoms with Crippen LogP contribution in [0, 0.1) is 18.7 Å². The van der Waals surface area contributed by atoms with Gasteiger partial charge in [-0.2, -0.15) is 14.5 Å². The first kappa shape index (κ1) is 29.3. The predicted octanol–water partition coefficient (Wildman–Crippen LogP) is 7.72. The first-order valence-corrected chi connectivity index (χ1v) is 16.7. The van der Waals surface area contributed by atoms with Gasteiger partial charge in [-0.05, 0) is 91.1 Å². The molecule has 0 bridgehead atoms. The molecule has 0 atom stereocenters. The lowest BCUT2D eigenvalue weighted by atomic mass is 9.95. The molecule has 0 saturated heterocycles. The fraction of sp³-hybridized carbons (Fsp3) is 0.171. The second kappa shape index (κ2) is 11.7. The van der Waals surface area contributed by atoms with E-state index >= 15 is 0 Å². The van der Waals surface area contributed by atoms with Gasteiger partial charge in [-0.15, -0.1) is 0 Å². The molecule has 0 aliphatic heterocycles. The van der Waals surface area contributed by atoms with E-state index in [1.165, 1.54) is 18.9 Å². The minimum Gasteiger partial charge on any atom is -0.358 e. The number of hydrogen-bond acceptors (Lipinski definition) is 5. The molecule has 4 N–H and O–H groups in total. The Labute approximate surface area is 257 Å². The van der Waals surface area contributed by atoms with Gasteiger partial charge in [0.05, 0.1) is 28.8 Å². The van der Waals surface area contributed by atoms with Crippen LogP contribution >= 0.6 is 9.39 Å². The van der Waals surface area contributed by atoms with Crippen molar-refractivity contribution < 1.29 is 4.39 Å². The number of pyridine rings is 2. The molecule has 5 aromatic rings. The molecule has 1 aliphatic carbocycles. The molecule has 6 rings (SSSR count). The molecule has 4 aromatic heterocycles. The highest BCUT2D eigenvalue weighted by atomic mass is 32.2. The zero-order chi connectivity index (χ0) is 31.0. The van der Waals surface area contributed by atoms with Gasteiger partial charge in [0, 0.05) is 35.3 Å². The number of aryl methyl sites for hydroxylation is 1. The Balaban J connectivity index is 1.34. The van der Waals surface area contributed by atoms with Gasteiger partial charge in [0.25, 0.3) is 0 Å². The van der Waals surface area contributed by atoms with E-state index in [0.717, 1.165) is 67.3 Å². The van der Waals surface area contributed by atoms with E-state index < -0.39 is 9.39 Å². The summed E-state index contributed by atoms with van der Waals surface area (Å²) in [7, 11) is -1.44. The van der Waals surface area contributed by atoms with Gasteiger partial charge in [0.15, 0.2) is 0 Å². The van der Waals surface area contributed by atoms with E-state index in [4.69, 9.17) is 4.98 Å². The van der Waals surface area contributed by atoms with Gasteiger partial charge in [0.1, 0.15) is 17.0 Å². The fourth-order valence-electron chi connectivity index (χ4n) is 5.21. The van der Waals surface area contributed by atoms with E-state index in [-0.39, 0.29) is 5.82 Å². The van der Waals surface area contributed by atoms with Gasteiger partial charge >= 0.3 is 0 Å². The maximum absolute atomic E-state index is 14.8. The number of aromatic nitrogens is 5. The smallest absolute Gasteiger partial charge is 0.135 e. The molecule has 7 nitrogen and oxygen atoms in total. The lowest BCUT2D eigenvalue weighted by Crippen LogP contribution is -2.08. The topological polar surface area (TPSA) is 94.3 Å². The molecule has 0 amide bonds. The molecule has 1 saturated carbocycles. The summed E-state index contributed by atoms with van der Waals surface area (Å²) in [5.41, 5.74) is 10.9. The number of allylic oxidation sites excluding steroid dienone is 3. The molecule has 224 valence electrons. The minimum absolute atomic E-state index is 0.312. The number of benzene rings is 1. The number of hydrogen-bond donors (Lipinski definition) is 4. The van der Waals surface area contributed by atoms with E-state index in [2.05, 4.69) is 55.1 Å². The first-order valence-electron chi connectivity index (χ1n) is 14.4. The second-order valence-corrected chi connectivity index (χ2v) is 14.4. The summed E-state index contributed by atoms with van der Waals surface area (Å²) in [6.07, 6.45) is 11.5. The van der Waals surface area contributed by atoms with Crippen LogP contribution in [0.1, 0.15) is 35.2 Å². The third-order valence-electron chi connectivity index (χ3n) is 7.55. The van der Waals surface area contributed by atoms with Crippen molar-refractivity contribution in [2.75, 3.05) is 11.6 Å². The number of rotatable bonds is 11. The molecule has 9 heteroatoms. The third kappa shape index (κ3) is 6.44. The zero-order valence-electron chi connectivity index (χ0n) is 25.0. The van der Waals surface area contributed by atoms with Gasteiger partial charge in [-0.1, -0.05) is 37.1 Å². The van der Waals surface area contributed by atoms with Crippen LogP contribution in [-0.2, 0) is 6.54 Å². The zero-order valence-corrected chi connectivity index (χ0v) is 25.8. The largest absolute Gasteiger partial charge is 0.358 e. The Kier molecular flexibility index (Phi) is 7.84. The average molecular weight is 606 g/mol. The fourth-order valence-corrected chi connectivity index (χ4v) is 5.72. The van der Waals surface area contributed by atoms with Crippen molar-refractivity contribution in [2.24, 2.45) is 5.92 Å². The van der Waals surface area contributed by atoms with Crippen molar-refractivity contribution in [2.45, 2.75) is 26.3 Å². The maximum atomic E-state index is 14.8. The first-order chi connectivity index (χ1) is 21.1. The number of fused-ring (bicyclic) bond motifs is 1. The number of anilines is 1. The molecule has 0 unspecified atom stereocenters. The summed E-state index contributed by atoms with van der Waals surface area (Å²) in [5, 5.41) is 11.1. The van der Waals surface area contributed by atoms with Crippen molar-refractivity contribution in [1.29, 1.82) is 0 Å². The van der Waals surface area contributed by atoms with Crippen molar-refractivity contribution >= 4 is 43.4 Å². The molecule has 44 heavy (non-hydrogen) atoms. The van der Waals surface area contributed by atoms with E-state index in [9.17, 15) is 4.39 Å². The van der Waals surface area contributed by atoms with Crippen LogP contribution in [0.5, 0.6) is 0 Å². The van der Waals surface area contributed by atoms with Crippen molar-refractivity contribution in [1.82, 2.24) is 29.9 Å². The van der Waals surface area contributed by atoms with Crippen LogP contribution in [0.25, 0.3) is 39.3 Å². The van der Waals surface area contributed by atoms with E-state index in [1.54, 1.807) is 24.5 Å². The highest BCUT2D eigenvalue weighted by molar-refractivity contribution is 8.25. The van der Waals surface area contributed by atoms with Gasteiger partial charge in [-0.25, -0.2) is 9.37 Å². The minimum atomic E-state index is -1.44. The van der Waals surface area contributed by atoms with Crippen molar-refractivity contribution in [3.8, 4) is 22.6 Å². The predicted molar refractivity (Wildman–Crippen MR) is 185 cm³/mol. The summed E-state index contributed by atoms with van der Waals surface area (Å²) in [6, 6.07) is 13.1. The highest BCUT2D eigenvalue weighted by Gasteiger charge is 2.24. The summed E-state index contributed by atoms with van der Waals surface area (Å²) in [4.78, 5) is 12.9. The Morgan fingerprint density at radius 3 is 2.70 bits per heavy atom. The summed E-state index contributed by atoms with van der Waals surface area (Å²) < 4.78 is 18.1. The number of halogens is 1. The van der Waals surface area contributed by atoms with Crippen LogP contribution < -0.4 is 10.0 Å². The van der Waals surface area contributed by atoms with Gasteiger partial charge in [-0.3, -0.25) is 14.8 Å². The van der Waals surface area contributed by atoms with Crippen LogP contribution in [0.15, 0.2) is 85.9 Å². The lowest BCUT2D eigenvalue weighted by molar-refractivity contribution is 0.624. The monoisotopic (exact) mass is 605 g/mol. The normalized spacial score (nSPS) is 13.8. The maximum Gasteiger partial charge on any atom is 0.135 e. The number of nitrogens with one attached hydrogen (secondary N) is 4. The molecule has 4 heterocycles. The van der Waals surface area contributed by atoms with Crippen LogP contribution in [0.2, 0.25) is 0 Å². The van der Waals surface area contributed by atoms with E-state index in [1.807, 2.05) is 49.6 Å². The molecule has 1 aliphatic rings. The molecule has 1 aromatic carbocycles. The van der Waals surface area contributed by atoms with Crippen molar-refractivity contribution in [3.05, 3.63) is 114 Å². The van der Waals surface area contributed by atoms with Gasteiger partial charge in [0.2, 0.25) is 0 Å². The quantitative estimate of drug-likeness (QED) is 0.0914. The Morgan fingerprint density at radius 2 is 1.95 bits per heavy atom. The Morgan fingerprint density at radius 1 is 1.14 bits per heavy atom. The second-order valence-electron chi connectivity index (χ2n) is 11.5. The van der Waals surface area contributed by atoms with Crippen molar-refractivity contribution in [3.63, 3.8) is 0 Å². The summed E-state index contributed by atoms with van der Waals surface area (Å²) >= 11 is 0. The lowest BCUT2D eigenvalue weighted by Gasteiger charge is -2.13. The van der Waals surface area contributed by atoms with Crippen LogP contribution in [0.4, 0.5) is 10.1 Å². The Hall–Kier alpha value is -4.73. The molecule has 0 radical (unpaired) electrons. The summed E-state index contributed by atoms with van der Waals surface area (Å²) in [5.74, 6) is 8.36. The van der Waals surface area contributed by atoms with Crippen LogP contribution in [0.3, 0.4) is 0 Å². The molecule has 1 fully saturated rings. The average Bonchev–Trinajstić information content (AvgIpc) is 3.66.